The fourth-order valence-corrected chi connectivity index (χ4v) is 3.07. The third-order valence-electron chi connectivity index (χ3n) is 4.50. The maximum absolute atomic E-state index is 12.3. The minimum Gasteiger partial charge on any atom is -0.486 e. The molecule has 2 aromatic carbocycles. The van der Waals surface area contributed by atoms with Gasteiger partial charge < -0.3 is 15.2 Å². The van der Waals surface area contributed by atoms with Crippen molar-refractivity contribution in [3.05, 3.63) is 84.1 Å². The molecule has 0 fully saturated rings. The van der Waals surface area contributed by atoms with Gasteiger partial charge >= 0.3 is 5.97 Å². The number of carbonyl (C=O) groups excluding carboxylic acids is 1. The number of hydrogen-bond acceptors (Lipinski definition) is 6. The molecule has 0 saturated carbocycles. The molecule has 0 radical (unpaired) electrons. The molecule has 2 aromatic heterocycles. The van der Waals surface area contributed by atoms with Crippen LogP contribution in [0.2, 0.25) is 0 Å². The van der Waals surface area contributed by atoms with Gasteiger partial charge in [0.05, 0.1) is 12.8 Å². The van der Waals surface area contributed by atoms with Crippen molar-refractivity contribution >= 4 is 22.7 Å². The van der Waals surface area contributed by atoms with Crippen molar-refractivity contribution in [2.75, 3.05) is 12.8 Å². The van der Waals surface area contributed by atoms with E-state index in [-0.39, 0.29) is 18.1 Å². The number of fused-ring (bicyclic) bond motifs is 1. The summed E-state index contributed by atoms with van der Waals surface area (Å²) in [5.74, 6) is -0.170. The number of hydrogen-bond donors (Lipinski definition) is 1. The molecule has 2 heterocycles. The number of rotatable bonds is 5. The lowest BCUT2D eigenvalue weighted by Crippen LogP contribution is -2.11. The van der Waals surface area contributed by atoms with Crippen molar-refractivity contribution < 1.29 is 14.3 Å². The zero-order valence-corrected chi connectivity index (χ0v) is 15.8. The topological polar surface area (TPSA) is 87.3 Å². The standard InChI is InChI=1S/C23H19N3O3/c1-28-23(27)20-21(29-14-15-8-4-2-5-9-15)17-12-13-18(16-10-6-3-7-11-16)25-19(17)22(24)26-20/h2-13H,14H2,1H3,(H2,24,26). The molecule has 6 heteroatoms. The van der Waals surface area contributed by atoms with E-state index in [1.807, 2.05) is 72.8 Å². The van der Waals surface area contributed by atoms with Crippen molar-refractivity contribution in [3.63, 3.8) is 0 Å². The minimum absolute atomic E-state index is 0.0303. The molecule has 2 N–H and O–H groups in total. The van der Waals surface area contributed by atoms with Gasteiger partial charge in [0, 0.05) is 10.9 Å². The predicted octanol–water partition coefficient (Wildman–Crippen LogP) is 4.24. The summed E-state index contributed by atoms with van der Waals surface area (Å²) in [5.41, 5.74) is 9.31. The van der Waals surface area contributed by atoms with Crippen LogP contribution in [0.5, 0.6) is 5.75 Å². The van der Waals surface area contributed by atoms with Gasteiger partial charge in [0.1, 0.15) is 12.1 Å². The third kappa shape index (κ3) is 3.73. The highest BCUT2D eigenvalue weighted by atomic mass is 16.5. The van der Waals surface area contributed by atoms with Gasteiger partial charge in [-0.1, -0.05) is 60.7 Å². The van der Waals surface area contributed by atoms with Crippen molar-refractivity contribution in [2.24, 2.45) is 0 Å². The highest BCUT2D eigenvalue weighted by Gasteiger charge is 2.22. The molecule has 144 valence electrons. The monoisotopic (exact) mass is 385 g/mol. The lowest BCUT2D eigenvalue weighted by atomic mass is 10.1. The number of esters is 1. The van der Waals surface area contributed by atoms with E-state index in [9.17, 15) is 4.79 Å². The quantitative estimate of drug-likeness (QED) is 0.517. The van der Waals surface area contributed by atoms with Gasteiger partial charge in [-0.05, 0) is 17.7 Å². The minimum atomic E-state index is -0.617. The SMILES string of the molecule is COC(=O)c1nc(N)c2nc(-c3ccccc3)ccc2c1OCc1ccccc1. The number of ether oxygens (including phenoxy) is 2. The fourth-order valence-electron chi connectivity index (χ4n) is 3.07. The molecule has 4 rings (SSSR count). The van der Waals surface area contributed by atoms with Crippen LogP contribution in [-0.4, -0.2) is 23.0 Å². The molecule has 6 nitrogen and oxygen atoms in total. The van der Waals surface area contributed by atoms with E-state index in [2.05, 4.69) is 9.97 Å². The van der Waals surface area contributed by atoms with Gasteiger partial charge in [0.15, 0.2) is 17.3 Å². The van der Waals surface area contributed by atoms with Gasteiger partial charge in [0.25, 0.3) is 0 Å². The van der Waals surface area contributed by atoms with Gasteiger partial charge in [-0.2, -0.15) is 0 Å². The van der Waals surface area contributed by atoms with E-state index >= 15 is 0 Å². The van der Waals surface area contributed by atoms with E-state index < -0.39 is 5.97 Å². The lowest BCUT2D eigenvalue weighted by molar-refractivity contribution is 0.0589. The lowest BCUT2D eigenvalue weighted by Gasteiger charge is -2.14. The largest absolute Gasteiger partial charge is 0.486 e. The summed E-state index contributed by atoms with van der Waals surface area (Å²) < 4.78 is 10.9. The molecule has 0 saturated heterocycles. The number of carbonyl (C=O) groups is 1. The molecule has 29 heavy (non-hydrogen) atoms. The van der Waals surface area contributed by atoms with Crippen molar-refractivity contribution in [1.29, 1.82) is 0 Å². The van der Waals surface area contributed by atoms with Gasteiger partial charge in [0.2, 0.25) is 0 Å². The van der Waals surface area contributed by atoms with Crippen LogP contribution >= 0.6 is 0 Å². The number of benzene rings is 2. The first-order valence-corrected chi connectivity index (χ1v) is 9.08. The first kappa shape index (κ1) is 18.4. The number of anilines is 1. The molecule has 4 aromatic rings. The molecule has 0 aliphatic heterocycles. The first-order valence-electron chi connectivity index (χ1n) is 9.08. The van der Waals surface area contributed by atoms with Crippen LogP contribution in [0, 0.1) is 0 Å². The van der Waals surface area contributed by atoms with Gasteiger partial charge in [-0.3, -0.25) is 0 Å². The Balaban J connectivity index is 1.83. The Morgan fingerprint density at radius 3 is 2.31 bits per heavy atom. The van der Waals surface area contributed by atoms with Crippen LogP contribution in [0.4, 0.5) is 5.82 Å². The zero-order chi connectivity index (χ0) is 20.2. The summed E-state index contributed by atoms with van der Waals surface area (Å²) >= 11 is 0. The molecular formula is C23H19N3O3. The summed E-state index contributed by atoms with van der Waals surface area (Å²) in [5, 5.41) is 0.605. The summed E-state index contributed by atoms with van der Waals surface area (Å²) in [6.07, 6.45) is 0. The van der Waals surface area contributed by atoms with E-state index in [1.165, 1.54) is 7.11 Å². The summed E-state index contributed by atoms with van der Waals surface area (Å²) in [4.78, 5) is 21.2. The molecular weight excluding hydrogens is 366 g/mol. The Morgan fingerprint density at radius 2 is 1.62 bits per heavy atom. The van der Waals surface area contributed by atoms with Crippen LogP contribution in [0.25, 0.3) is 22.2 Å². The second kappa shape index (κ2) is 7.98. The normalized spacial score (nSPS) is 10.7. The highest BCUT2D eigenvalue weighted by Crippen LogP contribution is 2.33. The molecule has 0 amide bonds. The van der Waals surface area contributed by atoms with Crippen LogP contribution < -0.4 is 10.5 Å². The van der Waals surface area contributed by atoms with Crippen molar-refractivity contribution in [2.45, 2.75) is 6.61 Å². The Labute approximate surface area is 167 Å². The van der Waals surface area contributed by atoms with Crippen LogP contribution in [-0.2, 0) is 11.3 Å². The maximum Gasteiger partial charge on any atom is 0.360 e. The fraction of sp³-hybridized carbons (Fsp3) is 0.0870. The van der Waals surface area contributed by atoms with Crippen LogP contribution in [0.15, 0.2) is 72.8 Å². The number of pyridine rings is 2. The van der Waals surface area contributed by atoms with Crippen molar-refractivity contribution in [1.82, 2.24) is 9.97 Å². The number of aromatic nitrogens is 2. The summed E-state index contributed by atoms with van der Waals surface area (Å²) in [7, 11) is 1.29. The zero-order valence-electron chi connectivity index (χ0n) is 15.8. The highest BCUT2D eigenvalue weighted by molar-refractivity contribution is 6.02. The van der Waals surface area contributed by atoms with E-state index in [0.29, 0.717) is 16.7 Å². The number of nitrogens with zero attached hydrogens (tertiary/aromatic N) is 2. The molecule has 0 aliphatic carbocycles. The predicted molar refractivity (Wildman–Crippen MR) is 111 cm³/mol. The summed E-state index contributed by atoms with van der Waals surface area (Å²) in [6.45, 7) is 0.270. The molecule has 0 spiro atoms. The third-order valence-corrected chi connectivity index (χ3v) is 4.50. The first-order chi connectivity index (χ1) is 14.2. The van der Waals surface area contributed by atoms with Crippen LogP contribution in [0.1, 0.15) is 16.1 Å². The number of methoxy groups -OCH3 is 1. The molecule has 0 aliphatic rings. The smallest absolute Gasteiger partial charge is 0.360 e. The Kier molecular flexibility index (Phi) is 5.07. The van der Waals surface area contributed by atoms with Crippen molar-refractivity contribution in [3.8, 4) is 17.0 Å². The Morgan fingerprint density at radius 1 is 0.931 bits per heavy atom. The summed E-state index contributed by atoms with van der Waals surface area (Å²) in [6, 6.07) is 23.1. The molecule has 0 bridgehead atoms. The molecule has 0 unspecified atom stereocenters. The van der Waals surface area contributed by atoms with Gasteiger partial charge in [-0.15, -0.1) is 0 Å². The maximum atomic E-state index is 12.3. The Bertz CT molecular complexity index is 1160. The average Bonchev–Trinajstić information content (AvgIpc) is 2.79. The van der Waals surface area contributed by atoms with E-state index in [1.54, 1.807) is 0 Å². The van der Waals surface area contributed by atoms with E-state index in [4.69, 9.17) is 15.2 Å². The number of nitrogens with two attached hydrogens (primary N) is 1. The Hall–Kier alpha value is -3.93. The average molecular weight is 385 g/mol. The van der Waals surface area contributed by atoms with Crippen LogP contribution in [0.3, 0.4) is 0 Å². The second-order valence-electron chi connectivity index (χ2n) is 6.40. The van der Waals surface area contributed by atoms with Gasteiger partial charge in [-0.25, -0.2) is 14.8 Å². The number of nitrogen functional groups attached to an aromatic ring is 1. The molecule has 0 atom stereocenters. The second-order valence-corrected chi connectivity index (χ2v) is 6.40. The van der Waals surface area contributed by atoms with E-state index in [0.717, 1.165) is 16.8 Å².